The molecule has 1 heterocycles. The normalized spacial score (nSPS) is 12.8. The third-order valence-corrected chi connectivity index (χ3v) is 4.04. The zero-order valence-electron chi connectivity index (χ0n) is 17.5. The molecular weight excluding hydrogens is 380 g/mol. The number of nitrogens with zero attached hydrogens (tertiary/aromatic N) is 2. The molecule has 0 radical (unpaired) electrons. The van der Waals surface area contributed by atoms with E-state index >= 15 is 0 Å². The second-order valence-electron chi connectivity index (χ2n) is 7.53. The molecular formula is C24H24N2O4. The van der Waals surface area contributed by atoms with Crippen molar-refractivity contribution in [1.29, 1.82) is 5.26 Å². The van der Waals surface area contributed by atoms with Crippen molar-refractivity contribution >= 4 is 23.9 Å². The van der Waals surface area contributed by atoms with Crippen molar-refractivity contribution in [1.82, 2.24) is 4.90 Å². The van der Waals surface area contributed by atoms with Gasteiger partial charge in [0.1, 0.15) is 5.60 Å². The van der Waals surface area contributed by atoms with Gasteiger partial charge in [-0.1, -0.05) is 36.4 Å². The van der Waals surface area contributed by atoms with Crippen LogP contribution >= 0.6 is 0 Å². The summed E-state index contributed by atoms with van der Waals surface area (Å²) in [6.45, 7) is 6.89. The van der Waals surface area contributed by atoms with Crippen LogP contribution in [-0.2, 0) is 16.0 Å². The Labute approximate surface area is 176 Å². The average molecular weight is 404 g/mol. The summed E-state index contributed by atoms with van der Waals surface area (Å²) in [4.78, 5) is 38.1. The second-order valence-corrected chi connectivity index (χ2v) is 7.53. The highest BCUT2D eigenvalue weighted by molar-refractivity contribution is 6.22. The molecule has 2 amide bonds. The molecule has 0 aromatic heterocycles. The van der Waals surface area contributed by atoms with Gasteiger partial charge in [0.15, 0.2) is 0 Å². The Kier molecular flexibility index (Phi) is 7.27. The van der Waals surface area contributed by atoms with Crippen LogP contribution in [0.1, 0.15) is 59.5 Å². The monoisotopic (exact) mass is 404 g/mol. The van der Waals surface area contributed by atoms with Gasteiger partial charge in [-0.05, 0) is 50.1 Å². The van der Waals surface area contributed by atoms with Gasteiger partial charge >= 0.3 is 5.97 Å². The summed E-state index contributed by atoms with van der Waals surface area (Å²) in [7, 11) is 0. The van der Waals surface area contributed by atoms with Gasteiger partial charge in [-0.3, -0.25) is 14.4 Å². The molecule has 0 aliphatic carbocycles. The van der Waals surface area contributed by atoms with Crippen molar-refractivity contribution < 1.29 is 19.1 Å². The zero-order valence-corrected chi connectivity index (χ0v) is 17.5. The molecule has 0 unspecified atom stereocenters. The Morgan fingerprint density at radius 1 is 1.03 bits per heavy atom. The first-order valence-electron chi connectivity index (χ1n) is 9.43. The van der Waals surface area contributed by atoms with Gasteiger partial charge in [-0.2, -0.15) is 5.26 Å². The molecule has 0 bridgehead atoms. The predicted octanol–water partition coefficient (Wildman–Crippen LogP) is 4.37. The van der Waals surface area contributed by atoms with Crippen molar-refractivity contribution in [2.75, 3.05) is 0 Å². The molecule has 3 rings (SSSR count). The summed E-state index contributed by atoms with van der Waals surface area (Å²) < 4.78 is 5.37. The number of hydrogen-bond donors (Lipinski definition) is 0. The highest BCUT2D eigenvalue weighted by atomic mass is 16.6. The number of ether oxygens (including phenoxy) is 1. The summed E-state index contributed by atoms with van der Waals surface area (Å²) in [6, 6.07) is 15.8. The third-order valence-electron chi connectivity index (χ3n) is 4.04. The number of carbonyl (C=O) groups excluding carboxylic acids is 3. The van der Waals surface area contributed by atoms with Crippen LogP contribution in [0.5, 0.6) is 0 Å². The fourth-order valence-corrected chi connectivity index (χ4v) is 2.89. The Bertz CT molecular complexity index is 991. The fraction of sp³-hybridized carbons (Fsp3) is 0.250. The first-order chi connectivity index (χ1) is 14.2. The summed E-state index contributed by atoms with van der Waals surface area (Å²) in [5, 5.41) is 7.32. The Hall–Kier alpha value is -3.72. The lowest BCUT2D eigenvalue weighted by Gasteiger charge is -2.19. The Morgan fingerprint density at radius 3 is 2.07 bits per heavy atom. The minimum Gasteiger partial charge on any atom is -0.460 e. The van der Waals surface area contributed by atoms with Gasteiger partial charge in [0, 0.05) is 13.1 Å². The fourth-order valence-electron chi connectivity index (χ4n) is 2.89. The number of amides is 2. The number of fused-ring (bicyclic) bond motifs is 1. The minimum atomic E-state index is -0.554. The maximum atomic E-state index is 12.4. The zero-order chi connectivity index (χ0) is 22.3. The van der Waals surface area contributed by atoms with Crippen LogP contribution < -0.4 is 0 Å². The maximum absolute atomic E-state index is 12.4. The van der Waals surface area contributed by atoms with E-state index in [1.165, 1.54) is 13.1 Å². The van der Waals surface area contributed by atoms with Crippen LogP contribution in [-0.4, -0.2) is 28.3 Å². The van der Waals surface area contributed by atoms with Crippen molar-refractivity contribution in [3.8, 4) is 6.07 Å². The lowest BCUT2D eigenvalue weighted by atomic mass is 10.0. The molecule has 6 heteroatoms. The highest BCUT2D eigenvalue weighted by Crippen LogP contribution is 2.23. The molecule has 0 N–H and O–H groups in total. The molecule has 0 saturated heterocycles. The van der Waals surface area contributed by atoms with Crippen LogP contribution in [0.15, 0.2) is 54.7 Å². The maximum Gasteiger partial charge on any atom is 0.310 e. The molecule has 154 valence electrons. The van der Waals surface area contributed by atoms with Gasteiger partial charge in [-0.15, -0.1) is 0 Å². The molecule has 0 spiro atoms. The first-order valence-corrected chi connectivity index (χ1v) is 9.43. The largest absolute Gasteiger partial charge is 0.460 e. The predicted molar refractivity (Wildman–Crippen MR) is 113 cm³/mol. The van der Waals surface area contributed by atoms with Crippen LogP contribution in [0.4, 0.5) is 0 Å². The summed E-state index contributed by atoms with van der Waals surface area (Å²) in [5.41, 5.74) is 1.75. The van der Waals surface area contributed by atoms with Crippen molar-refractivity contribution in [3.63, 3.8) is 0 Å². The van der Waals surface area contributed by atoms with E-state index in [1.54, 1.807) is 36.4 Å². The van der Waals surface area contributed by atoms with Crippen LogP contribution in [0, 0.1) is 11.3 Å². The molecule has 0 atom stereocenters. The van der Waals surface area contributed by atoms with E-state index in [2.05, 4.69) is 0 Å². The number of nitriles is 1. The molecule has 1 aliphatic heterocycles. The van der Waals surface area contributed by atoms with Gasteiger partial charge in [0.2, 0.25) is 0 Å². The Morgan fingerprint density at radius 2 is 1.53 bits per heavy atom. The highest BCUT2D eigenvalue weighted by Gasteiger charge is 2.33. The third kappa shape index (κ3) is 5.65. The number of esters is 1. The average Bonchev–Trinajstić information content (AvgIpc) is 2.91. The van der Waals surface area contributed by atoms with Gasteiger partial charge in [-0.25, -0.2) is 4.90 Å². The number of hydrogen-bond acceptors (Lipinski definition) is 5. The smallest absolute Gasteiger partial charge is 0.310 e. The van der Waals surface area contributed by atoms with Crippen molar-refractivity contribution in [3.05, 3.63) is 77.0 Å². The summed E-state index contributed by atoms with van der Waals surface area (Å²) in [6.07, 6.45) is 3.24. The molecule has 6 nitrogen and oxygen atoms in total. The summed E-state index contributed by atoms with van der Waals surface area (Å²) in [5.74, 6) is -1.03. The molecule has 2 aromatic rings. The van der Waals surface area contributed by atoms with E-state index in [0.29, 0.717) is 11.1 Å². The van der Waals surface area contributed by atoms with E-state index in [9.17, 15) is 14.4 Å². The van der Waals surface area contributed by atoms with E-state index in [0.717, 1.165) is 16.0 Å². The minimum absolute atomic E-state index is 0.111. The number of carbonyl (C=O) groups is 3. The number of rotatable bonds is 4. The quantitative estimate of drug-likeness (QED) is 0.558. The lowest BCUT2D eigenvalue weighted by molar-refractivity contribution is -0.153. The van der Waals surface area contributed by atoms with Crippen LogP contribution in [0.25, 0.3) is 6.08 Å². The standard InChI is InChI=1S/C22H21NO4.C2H3N/c1-22(2,3)27-19(24)14-16-9-5-4-8-15(16)12-13-23-20(25)17-10-6-7-11-18(17)21(23)26;1-2-3/h4-13H,14H2,1-3H3;1H3/b13-12+;. The lowest BCUT2D eigenvalue weighted by Crippen LogP contribution is -2.25. The van der Waals surface area contributed by atoms with Gasteiger partial charge in [0.05, 0.1) is 23.6 Å². The van der Waals surface area contributed by atoms with Gasteiger partial charge in [0.25, 0.3) is 11.8 Å². The topological polar surface area (TPSA) is 87.5 Å². The van der Waals surface area contributed by atoms with E-state index in [4.69, 9.17) is 10.00 Å². The van der Waals surface area contributed by atoms with Gasteiger partial charge < -0.3 is 4.74 Å². The summed E-state index contributed by atoms with van der Waals surface area (Å²) >= 11 is 0. The molecule has 0 fully saturated rings. The Balaban J connectivity index is 0.00000101. The molecule has 1 aliphatic rings. The number of imide groups is 1. The van der Waals surface area contributed by atoms with E-state index in [-0.39, 0.29) is 24.2 Å². The van der Waals surface area contributed by atoms with Crippen LogP contribution in [0.2, 0.25) is 0 Å². The second kappa shape index (κ2) is 9.66. The van der Waals surface area contributed by atoms with Crippen molar-refractivity contribution in [2.24, 2.45) is 0 Å². The molecule has 30 heavy (non-hydrogen) atoms. The van der Waals surface area contributed by atoms with Crippen LogP contribution in [0.3, 0.4) is 0 Å². The first kappa shape index (κ1) is 22.6. The van der Waals surface area contributed by atoms with E-state index in [1.807, 2.05) is 45.0 Å². The van der Waals surface area contributed by atoms with Crippen molar-refractivity contribution in [2.45, 2.75) is 39.7 Å². The number of benzene rings is 2. The molecule has 0 saturated carbocycles. The SMILES string of the molecule is CC#N.CC(C)(C)OC(=O)Cc1ccccc1/C=C/N1C(=O)c2ccccc2C1=O. The molecule has 2 aromatic carbocycles. The van der Waals surface area contributed by atoms with E-state index < -0.39 is 5.60 Å².